The Morgan fingerprint density at radius 3 is 2.79 bits per heavy atom. The predicted octanol–water partition coefficient (Wildman–Crippen LogP) is 3.36. The molecule has 1 spiro atoms. The molecule has 2 rings (SSSR count). The van der Waals surface area contributed by atoms with Gasteiger partial charge in [-0.25, -0.2) is 0 Å². The van der Waals surface area contributed by atoms with E-state index in [1.54, 1.807) is 0 Å². The first-order valence-corrected chi connectivity index (χ1v) is 6.63. The summed E-state index contributed by atoms with van der Waals surface area (Å²) in [7, 11) is 0. The van der Waals surface area contributed by atoms with E-state index in [4.69, 9.17) is 14.9 Å². The molecule has 5 heteroatoms. The lowest BCUT2D eigenvalue weighted by molar-refractivity contribution is -0.227. The lowest BCUT2D eigenvalue weighted by Crippen LogP contribution is -2.50. The van der Waals surface area contributed by atoms with E-state index in [2.05, 4.69) is 18.5 Å². The molecular weight excluding hydrogens is 244 g/mol. The standard InChI is InChI=1S/C14H20N2O3/c1-10-4-5-14(18-6-7-19-14)11(2)13(10,3)8-12(17)9-16-15/h9,11H,1,4-8H2,2-3H3/p+1/b12-9-. The zero-order chi connectivity index (χ0) is 14.1. The van der Waals surface area contributed by atoms with E-state index >= 15 is 0 Å². The van der Waals surface area contributed by atoms with Gasteiger partial charge in [0.2, 0.25) is 5.39 Å². The molecule has 5 nitrogen and oxygen atoms in total. The number of aliphatic hydroxyl groups excluding tert-OH is 1. The second kappa shape index (κ2) is 4.95. The molecule has 1 saturated carbocycles. The zero-order valence-electron chi connectivity index (χ0n) is 11.6. The Hall–Kier alpha value is -1.38. The molecule has 0 aromatic carbocycles. The van der Waals surface area contributed by atoms with Crippen LogP contribution in [0.1, 0.15) is 33.1 Å². The maximum atomic E-state index is 9.82. The van der Waals surface area contributed by atoms with Crippen molar-refractivity contribution in [3.8, 4) is 0 Å². The Morgan fingerprint density at radius 2 is 2.21 bits per heavy atom. The van der Waals surface area contributed by atoms with Gasteiger partial charge in [0.25, 0.3) is 0 Å². The summed E-state index contributed by atoms with van der Waals surface area (Å²) in [5.74, 6) is -0.460. The van der Waals surface area contributed by atoms with Crippen LogP contribution in [0.2, 0.25) is 0 Å². The van der Waals surface area contributed by atoms with Gasteiger partial charge in [-0.05, 0) is 6.42 Å². The maximum Gasteiger partial charge on any atom is 0.387 e. The molecule has 1 heterocycles. The van der Waals surface area contributed by atoms with Gasteiger partial charge < -0.3 is 14.6 Å². The van der Waals surface area contributed by atoms with Crippen LogP contribution in [0, 0.1) is 16.7 Å². The molecule has 0 amide bonds. The van der Waals surface area contributed by atoms with Crippen LogP contribution in [-0.4, -0.2) is 24.1 Å². The van der Waals surface area contributed by atoms with E-state index in [9.17, 15) is 5.11 Å². The second-order valence-electron chi connectivity index (χ2n) is 5.66. The van der Waals surface area contributed by atoms with Crippen molar-refractivity contribution in [3.05, 3.63) is 29.1 Å². The van der Waals surface area contributed by atoms with Crippen molar-refractivity contribution in [1.82, 2.24) is 0 Å². The third-order valence-electron chi connectivity index (χ3n) is 4.73. The molecule has 19 heavy (non-hydrogen) atoms. The number of hydrogen-bond acceptors (Lipinski definition) is 4. The van der Waals surface area contributed by atoms with E-state index in [1.807, 2.05) is 6.92 Å². The van der Waals surface area contributed by atoms with Gasteiger partial charge in [0.15, 0.2) is 16.5 Å². The molecule has 1 aliphatic carbocycles. The number of nitrogens with zero attached hydrogens (tertiary/aromatic N) is 2. The van der Waals surface area contributed by atoms with Crippen LogP contribution in [-0.2, 0) is 9.47 Å². The number of hydrogen-bond donors (Lipinski definition) is 1. The third kappa shape index (κ3) is 2.26. The van der Waals surface area contributed by atoms with Crippen LogP contribution in [0.25, 0.3) is 4.98 Å². The van der Waals surface area contributed by atoms with Crippen LogP contribution in [0.4, 0.5) is 0 Å². The molecule has 0 bridgehead atoms. The topological polar surface area (TPSA) is 66.8 Å². The summed E-state index contributed by atoms with van der Waals surface area (Å²) in [6.45, 7) is 9.48. The lowest BCUT2D eigenvalue weighted by atomic mass is 9.61. The highest BCUT2D eigenvalue weighted by Gasteiger charge is 2.54. The summed E-state index contributed by atoms with van der Waals surface area (Å²) in [6.07, 6.45) is 3.04. The molecule has 2 fully saturated rings. The first kappa shape index (κ1) is 14.0. The molecule has 0 aromatic rings. The molecule has 1 N–H and O–H groups in total. The summed E-state index contributed by atoms with van der Waals surface area (Å²) in [5, 5.41) is 18.3. The van der Waals surface area contributed by atoms with Crippen LogP contribution >= 0.6 is 0 Å². The van der Waals surface area contributed by atoms with Gasteiger partial charge in [0, 0.05) is 24.2 Å². The smallest absolute Gasteiger partial charge is 0.387 e. The summed E-state index contributed by atoms with van der Waals surface area (Å²) in [5.41, 5.74) is 0.732. The lowest BCUT2D eigenvalue weighted by Gasteiger charge is -2.50. The van der Waals surface area contributed by atoms with Gasteiger partial charge in [-0.1, -0.05) is 26.0 Å². The number of diazo groups is 1. The SMILES string of the molecule is C=C1CCC2(OCCO2)C(C)C1(C)C/C(O)=C/[N+]#N. The van der Waals surface area contributed by atoms with Crippen molar-refractivity contribution in [1.29, 1.82) is 5.39 Å². The largest absolute Gasteiger partial charge is 0.505 e. The predicted molar refractivity (Wildman–Crippen MR) is 70.7 cm³/mol. The van der Waals surface area contributed by atoms with Crippen molar-refractivity contribution in [2.24, 2.45) is 11.3 Å². The Labute approximate surface area is 113 Å². The quantitative estimate of drug-likeness (QED) is 0.472. The normalized spacial score (nSPS) is 34.5. The minimum absolute atomic E-state index is 0.0352. The molecule has 0 radical (unpaired) electrons. The number of ether oxygens (including phenoxy) is 2. The van der Waals surface area contributed by atoms with Gasteiger partial charge in [0.1, 0.15) is 0 Å². The fourth-order valence-corrected chi connectivity index (χ4v) is 3.25. The van der Waals surface area contributed by atoms with E-state index in [-0.39, 0.29) is 17.1 Å². The molecular formula is C14H21N2O3+. The first-order valence-electron chi connectivity index (χ1n) is 6.63. The number of rotatable bonds is 2. The van der Waals surface area contributed by atoms with Gasteiger partial charge in [-0.2, -0.15) is 0 Å². The Bertz CT molecular complexity index is 446. The molecule has 0 aromatic heterocycles. The monoisotopic (exact) mass is 265 g/mol. The Kier molecular flexibility index (Phi) is 3.66. The first-order chi connectivity index (χ1) is 8.94. The highest BCUT2D eigenvalue weighted by molar-refractivity contribution is 5.21. The Morgan fingerprint density at radius 1 is 1.58 bits per heavy atom. The van der Waals surface area contributed by atoms with Crippen molar-refractivity contribution in [3.63, 3.8) is 0 Å². The molecule has 1 saturated heterocycles. The minimum atomic E-state index is -0.563. The van der Waals surface area contributed by atoms with Gasteiger partial charge in [-0.3, -0.25) is 0 Å². The summed E-state index contributed by atoms with van der Waals surface area (Å²) in [4.78, 5) is 2.87. The zero-order valence-corrected chi connectivity index (χ0v) is 11.6. The number of allylic oxidation sites excluding steroid dienone is 2. The highest BCUT2D eigenvalue weighted by Crippen LogP contribution is 2.54. The van der Waals surface area contributed by atoms with E-state index in [0.29, 0.717) is 19.6 Å². The van der Waals surface area contributed by atoms with Crippen LogP contribution in [0.3, 0.4) is 0 Å². The summed E-state index contributed by atoms with van der Waals surface area (Å²) in [6, 6.07) is 0. The van der Waals surface area contributed by atoms with Crippen molar-refractivity contribution in [2.45, 2.75) is 38.9 Å². The van der Waals surface area contributed by atoms with Gasteiger partial charge in [0.05, 0.1) is 13.2 Å². The average molecular weight is 265 g/mol. The second-order valence-corrected chi connectivity index (χ2v) is 5.66. The van der Waals surface area contributed by atoms with Gasteiger partial charge in [-0.15, -0.1) is 0 Å². The van der Waals surface area contributed by atoms with Crippen LogP contribution in [0.5, 0.6) is 0 Å². The van der Waals surface area contributed by atoms with Gasteiger partial charge >= 0.3 is 6.20 Å². The Balaban J connectivity index is 2.28. The fourth-order valence-electron chi connectivity index (χ4n) is 3.25. The minimum Gasteiger partial charge on any atom is -0.505 e. The van der Waals surface area contributed by atoms with Crippen molar-refractivity contribution in [2.75, 3.05) is 13.2 Å². The highest BCUT2D eigenvalue weighted by atomic mass is 16.7. The van der Waals surface area contributed by atoms with E-state index in [0.717, 1.165) is 24.6 Å². The molecule has 2 unspecified atom stereocenters. The number of aliphatic hydroxyl groups is 1. The average Bonchev–Trinajstić information content (AvgIpc) is 2.83. The molecule has 1 aliphatic heterocycles. The molecule has 2 atom stereocenters. The molecule has 104 valence electrons. The van der Waals surface area contributed by atoms with E-state index in [1.165, 1.54) is 0 Å². The van der Waals surface area contributed by atoms with E-state index < -0.39 is 5.79 Å². The van der Waals surface area contributed by atoms with Crippen LogP contribution in [0.15, 0.2) is 24.1 Å². The van der Waals surface area contributed by atoms with Crippen LogP contribution < -0.4 is 0 Å². The van der Waals surface area contributed by atoms with Crippen molar-refractivity contribution < 1.29 is 14.6 Å². The maximum absolute atomic E-state index is 9.82. The molecule has 2 aliphatic rings. The summed E-state index contributed by atoms with van der Waals surface area (Å²) >= 11 is 0. The summed E-state index contributed by atoms with van der Waals surface area (Å²) < 4.78 is 11.7. The fraction of sp³-hybridized carbons (Fsp3) is 0.714. The van der Waals surface area contributed by atoms with Crippen molar-refractivity contribution >= 4 is 0 Å². The third-order valence-corrected chi connectivity index (χ3v) is 4.73.